The van der Waals surface area contributed by atoms with Crippen molar-refractivity contribution >= 4 is 5.82 Å². The van der Waals surface area contributed by atoms with E-state index < -0.39 is 0 Å². The average Bonchev–Trinajstić information content (AvgIpc) is 2.28. The van der Waals surface area contributed by atoms with E-state index in [2.05, 4.69) is 34.3 Å². The Morgan fingerprint density at radius 1 is 1.31 bits per heavy atom. The largest absolute Gasteiger partial charge is 0.356 e. The molecule has 0 aliphatic carbocycles. The molecule has 3 rings (SSSR count). The summed E-state index contributed by atoms with van der Waals surface area (Å²) >= 11 is 0. The van der Waals surface area contributed by atoms with Crippen molar-refractivity contribution < 1.29 is 0 Å². The molecule has 3 heteroatoms. The van der Waals surface area contributed by atoms with Gasteiger partial charge in [-0.15, -0.1) is 0 Å². The lowest BCUT2D eigenvalue weighted by Crippen LogP contribution is -2.51. The molecule has 1 aromatic rings. The standard InChI is InChI=1S/C13H19N3/c1-10-2-3-15-13(4-10)16-8-11-5-12(9-16)7-14-6-11/h2-4,11-12,14H,5-9H2,1H3. The van der Waals surface area contributed by atoms with Gasteiger partial charge in [-0.1, -0.05) is 0 Å². The van der Waals surface area contributed by atoms with Crippen molar-refractivity contribution in [2.75, 3.05) is 31.1 Å². The monoisotopic (exact) mass is 217 g/mol. The van der Waals surface area contributed by atoms with Gasteiger partial charge in [0.05, 0.1) is 0 Å². The SMILES string of the molecule is Cc1ccnc(N2CC3CNCC(C3)C2)c1. The fraction of sp³-hybridized carbons (Fsp3) is 0.615. The lowest BCUT2D eigenvalue weighted by atomic mass is 9.86. The summed E-state index contributed by atoms with van der Waals surface area (Å²) in [4.78, 5) is 6.96. The van der Waals surface area contributed by atoms with Crippen molar-refractivity contribution in [2.24, 2.45) is 11.8 Å². The molecule has 0 radical (unpaired) electrons. The summed E-state index contributed by atoms with van der Waals surface area (Å²) in [6.07, 6.45) is 3.32. The van der Waals surface area contributed by atoms with E-state index >= 15 is 0 Å². The highest BCUT2D eigenvalue weighted by atomic mass is 15.2. The van der Waals surface area contributed by atoms with Crippen LogP contribution in [0.5, 0.6) is 0 Å². The van der Waals surface area contributed by atoms with Gasteiger partial charge in [0.15, 0.2) is 0 Å². The van der Waals surface area contributed by atoms with Crippen LogP contribution < -0.4 is 10.2 Å². The molecule has 86 valence electrons. The van der Waals surface area contributed by atoms with Crippen LogP contribution in [0.15, 0.2) is 18.3 Å². The third-order valence-electron chi connectivity index (χ3n) is 3.71. The first kappa shape index (κ1) is 10.1. The van der Waals surface area contributed by atoms with Crippen LogP contribution in [-0.4, -0.2) is 31.2 Å². The van der Waals surface area contributed by atoms with Gasteiger partial charge in [0.25, 0.3) is 0 Å². The Hall–Kier alpha value is -1.09. The molecule has 1 aromatic heterocycles. The van der Waals surface area contributed by atoms with Crippen LogP contribution in [-0.2, 0) is 0 Å². The summed E-state index contributed by atoms with van der Waals surface area (Å²) in [7, 11) is 0. The van der Waals surface area contributed by atoms with Gasteiger partial charge in [-0.25, -0.2) is 4.98 Å². The quantitative estimate of drug-likeness (QED) is 0.771. The molecule has 3 heterocycles. The Balaban J connectivity index is 1.80. The molecule has 2 saturated heterocycles. The Labute approximate surface area is 96.9 Å². The first-order chi connectivity index (χ1) is 7.81. The van der Waals surface area contributed by atoms with Crippen LogP contribution in [0.1, 0.15) is 12.0 Å². The van der Waals surface area contributed by atoms with Gasteiger partial charge in [-0.05, 0) is 56.0 Å². The second kappa shape index (κ2) is 4.06. The zero-order chi connectivity index (χ0) is 11.0. The molecule has 2 aliphatic rings. The Morgan fingerprint density at radius 2 is 2.06 bits per heavy atom. The highest BCUT2D eigenvalue weighted by molar-refractivity contribution is 5.41. The number of rotatable bonds is 1. The number of fused-ring (bicyclic) bond motifs is 2. The van der Waals surface area contributed by atoms with E-state index in [1.807, 2.05) is 6.20 Å². The highest BCUT2D eigenvalue weighted by Gasteiger charge is 2.30. The molecule has 0 spiro atoms. The molecule has 2 unspecified atom stereocenters. The van der Waals surface area contributed by atoms with Crippen molar-refractivity contribution in [2.45, 2.75) is 13.3 Å². The van der Waals surface area contributed by atoms with Gasteiger partial charge >= 0.3 is 0 Å². The molecule has 2 bridgehead atoms. The minimum atomic E-state index is 0.815. The summed E-state index contributed by atoms with van der Waals surface area (Å²) in [6.45, 7) is 6.83. The number of piperidine rings is 2. The molecule has 2 atom stereocenters. The van der Waals surface area contributed by atoms with Crippen molar-refractivity contribution in [3.05, 3.63) is 23.9 Å². The first-order valence-electron chi connectivity index (χ1n) is 6.19. The maximum atomic E-state index is 4.50. The molecule has 16 heavy (non-hydrogen) atoms. The van der Waals surface area contributed by atoms with Crippen molar-refractivity contribution in [3.63, 3.8) is 0 Å². The van der Waals surface area contributed by atoms with E-state index in [1.54, 1.807) is 0 Å². The summed E-state index contributed by atoms with van der Waals surface area (Å²) in [5.74, 6) is 2.79. The third-order valence-corrected chi connectivity index (χ3v) is 3.71. The van der Waals surface area contributed by atoms with Crippen LogP contribution in [0, 0.1) is 18.8 Å². The minimum absolute atomic E-state index is 0.815. The normalized spacial score (nSPS) is 29.2. The van der Waals surface area contributed by atoms with E-state index in [0.717, 1.165) is 17.7 Å². The lowest BCUT2D eigenvalue weighted by Gasteiger charge is -2.42. The van der Waals surface area contributed by atoms with Crippen LogP contribution in [0.4, 0.5) is 5.82 Å². The molecule has 0 amide bonds. The van der Waals surface area contributed by atoms with E-state index in [1.165, 1.54) is 38.2 Å². The molecule has 2 fully saturated rings. The van der Waals surface area contributed by atoms with E-state index in [9.17, 15) is 0 Å². The Bertz CT molecular complexity index is 365. The molecule has 1 N–H and O–H groups in total. The summed E-state index contributed by atoms with van der Waals surface area (Å²) < 4.78 is 0. The van der Waals surface area contributed by atoms with Crippen molar-refractivity contribution in [1.82, 2.24) is 10.3 Å². The minimum Gasteiger partial charge on any atom is -0.356 e. The van der Waals surface area contributed by atoms with Crippen LogP contribution >= 0.6 is 0 Å². The van der Waals surface area contributed by atoms with Crippen LogP contribution in [0.2, 0.25) is 0 Å². The summed E-state index contributed by atoms with van der Waals surface area (Å²) in [6, 6.07) is 4.27. The van der Waals surface area contributed by atoms with Crippen LogP contribution in [0.25, 0.3) is 0 Å². The van der Waals surface area contributed by atoms with E-state index in [0.29, 0.717) is 0 Å². The molecule has 0 saturated carbocycles. The maximum Gasteiger partial charge on any atom is 0.128 e. The first-order valence-corrected chi connectivity index (χ1v) is 6.19. The summed E-state index contributed by atoms with van der Waals surface area (Å²) in [5, 5.41) is 3.52. The number of hydrogen-bond donors (Lipinski definition) is 1. The predicted molar refractivity (Wildman–Crippen MR) is 65.7 cm³/mol. The van der Waals surface area contributed by atoms with Gasteiger partial charge in [0, 0.05) is 19.3 Å². The molecular weight excluding hydrogens is 198 g/mol. The van der Waals surface area contributed by atoms with Crippen molar-refractivity contribution in [1.29, 1.82) is 0 Å². The number of hydrogen-bond acceptors (Lipinski definition) is 3. The predicted octanol–water partition coefficient (Wildman–Crippen LogP) is 1.44. The number of aromatic nitrogens is 1. The number of nitrogens with zero attached hydrogens (tertiary/aromatic N) is 2. The summed E-state index contributed by atoms with van der Waals surface area (Å²) in [5.41, 5.74) is 1.30. The van der Waals surface area contributed by atoms with Gasteiger partial charge in [-0.2, -0.15) is 0 Å². The zero-order valence-electron chi connectivity index (χ0n) is 9.82. The zero-order valence-corrected chi connectivity index (χ0v) is 9.82. The molecule has 3 nitrogen and oxygen atoms in total. The number of aryl methyl sites for hydroxylation is 1. The Morgan fingerprint density at radius 3 is 2.75 bits per heavy atom. The number of pyridine rings is 1. The third kappa shape index (κ3) is 1.92. The fourth-order valence-corrected chi connectivity index (χ4v) is 2.99. The maximum absolute atomic E-state index is 4.50. The molecule has 0 aromatic carbocycles. The van der Waals surface area contributed by atoms with Crippen LogP contribution in [0.3, 0.4) is 0 Å². The average molecular weight is 217 g/mol. The lowest BCUT2D eigenvalue weighted by molar-refractivity contribution is 0.249. The highest BCUT2D eigenvalue weighted by Crippen LogP contribution is 2.27. The molecular formula is C13H19N3. The fourth-order valence-electron chi connectivity index (χ4n) is 2.99. The smallest absolute Gasteiger partial charge is 0.128 e. The van der Waals surface area contributed by atoms with Gasteiger partial charge < -0.3 is 10.2 Å². The second-order valence-corrected chi connectivity index (χ2v) is 5.22. The topological polar surface area (TPSA) is 28.2 Å². The number of nitrogens with one attached hydrogen (secondary N) is 1. The van der Waals surface area contributed by atoms with E-state index in [-0.39, 0.29) is 0 Å². The van der Waals surface area contributed by atoms with E-state index in [4.69, 9.17) is 0 Å². The number of anilines is 1. The van der Waals surface area contributed by atoms with Crippen molar-refractivity contribution in [3.8, 4) is 0 Å². The van der Waals surface area contributed by atoms with Gasteiger partial charge in [-0.3, -0.25) is 0 Å². The van der Waals surface area contributed by atoms with Gasteiger partial charge in [0.1, 0.15) is 5.82 Å². The second-order valence-electron chi connectivity index (χ2n) is 5.22. The Kier molecular flexibility index (Phi) is 2.56. The molecule has 2 aliphatic heterocycles. The van der Waals surface area contributed by atoms with Gasteiger partial charge in [0.2, 0.25) is 0 Å².